The van der Waals surface area contributed by atoms with Crippen LogP contribution in [0.2, 0.25) is 0 Å². The third kappa shape index (κ3) is 2.51. The minimum Gasteiger partial charge on any atom is -0.363 e. The molecule has 2 N–H and O–H groups in total. The summed E-state index contributed by atoms with van der Waals surface area (Å²) < 4.78 is 2.80. The van der Waals surface area contributed by atoms with Gasteiger partial charge in [-0.15, -0.1) is 10.2 Å². The number of anilines is 1. The summed E-state index contributed by atoms with van der Waals surface area (Å²) in [5, 5.41) is 13.9. The number of aryl methyl sites for hydroxylation is 1. The minimum absolute atomic E-state index is 0.175. The Kier molecular flexibility index (Phi) is 3.39. The Hall–Kier alpha value is -1.96. The Morgan fingerprint density at radius 3 is 3.10 bits per heavy atom. The van der Waals surface area contributed by atoms with E-state index in [0.717, 1.165) is 21.8 Å². The van der Waals surface area contributed by atoms with Crippen LogP contribution in [0.25, 0.3) is 0 Å². The second-order valence-electron chi connectivity index (χ2n) is 4.51. The first-order valence-electron chi connectivity index (χ1n) is 6.22. The summed E-state index contributed by atoms with van der Waals surface area (Å²) in [6, 6.07) is 3.83. The zero-order valence-corrected chi connectivity index (χ0v) is 12.4. The fourth-order valence-electron chi connectivity index (χ4n) is 2.12. The first-order valence-corrected chi connectivity index (χ1v) is 7.01. The number of hydrogen-bond donors (Lipinski definition) is 2. The first-order chi connectivity index (χ1) is 9.63. The van der Waals surface area contributed by atoms with Gasteiger partial charge in [-0.25, -0.2) is 4.98 Å². The van der Waals surface area contributed by atoms with Gasteiger partial charge < -0.3 is 15.2 Å². The lowest BCUT2D eigenvalue weighted by atomic mass is 10.3. The van der Waals surface area contributed by atoms with E-state index in [1.807, 2.05) is 23.6 Å². The average Bonchev–Trinajstić information content (AvgIpc) is 2.80. The van der Waals surface area contributed by atoms with Gasteiger partial charge in [-0.2, -0.15) is 0 Å². The Labute approximate surface area is 123 Å². The van der Waals surface area contributed by atoms with E-state index < -0.39 is 0 Å². The molecule has 20 heavy (non-hydrogen) atoms. The van der Waals surface area contributed by atoms with E-state index in [0.29, 0.717) is 25.5 Å². The Morgan fingerprint density at radius 2 is 2.30 bits per heavy atom. The highest BCUT2D eigenvalue weighted by Gasteiger charge is 2.22. The van der Waals surface area contributed by atoms with Gasteiger partial charge in [0.2, 0.25) is 5.82 Å². The largest absolute Gasteiger partial charge is 0.363 e. The van der Waals surface area contributed by atoms with Crippen molar-refractivity contribution in [3.8, 4) is 0 Å². The van der Waals surface area contributed by atoms with Gasteiger partial charge in [-0.3, -0.25) is 4.79 Å². The second-order valence-corrected chi connectivity index (χ2v) is 5.43. The van der Waals surface area contributed by atoms with Crippen molar-refractivity contribution in [2.75, 3.05) is 11.9 Å². The molecular weight excluding hydrogens is 324 g/mol. The van der Waals surface area contributed by atoms with Gasteiger partial charge in [0.1, 0.15) is 5.82 Å². The molecule has 1 amide bonds. The van der Waals surface area contributed by atoms with Crippen molar-refractivity contribution in [3.05, 3.63) is 33.9 Å². The third-order valence-corrected chi connectivity index (χ3v) is 3.46. The van der Waals surface area contributed by atoms with Crippen LogP contribution in [0.1, 0.15) is 22.1 Å². The molecule has 0 spiro atoms. The molecule has 0 atom stereocenters. The summed E-state index contributed by atoms with van der Waals surface area (Å²) >= 11 is 3.43. The quantitative estimate of drug-likeness (QED) is 0.876. The molecule has 3 rings (SSSR count). The van der Waals surface area contributed by atoms with Crippen LogP contribution in [0.15, 0.2) is 16.6 Å². The van der Waals surface area contributed by atoms with Gasteiger partial charge in [0.15, 0.2) is 5.82 Å². The van der Waals surface area contributed by atoms with Crippen LogP contribution in [-0.2, 0) is 13.1 Å². The minimum atomic E-state index is -0.175. The molecule has 0 saturated carbocycles. The molecule has 3 heterocycles. The van der Waals surface area contributed by atoms with Gasteiger partial charge in [0.05, 0.1) is 6.54 Å². The van der Waals surface area contributed by atoms with Crippen molar-refractivity contribution in [3.63, 3.8) is 0 Å². The van der Waals surface area contributed by atoms with E-state index in [9.17, 15) is 4.79 Å². The van der Waals surface area contributed by atoms with Crippen molar-refractivity contribution in [2.24, 2.45) is 0 Å². The fourth-order valence-corrected chi connectivity index (χ4v) is 2.66. The topological polar surface area (TPSA) is 84.7 Å². The molecule has 7 nitrogen and oxygen atoms in total. The number of aromatic nitrogens is 4. The zero-order chi connectivity index (χ0) is 14.1. The molecule has 2 aromatic rings. The standard InChI is InChI=1S/C12H13BrN6O/c1-7-4-8(13)5-9(16-7)15-6-10-17-18-11-12(20)14-2-3-19(10)11/h4-5H,2-3,6H2,1H3,(H,14,20)(H,15,16). The van der Waals surface area contributed by atoms with Crippen molar-refractivity contribution in [1.29, 1.82) is 0 Å². The lowest BCUT2D eigenvalue weighted by Crippen LogP contribution is -2.36. The molecule has 1 aliphatic heterocycles. The average molecular weight is 337 g/mol. The molecule has 0 radical (unpaired) electrons. The molecule has 8 heteroatoms. The van der Waals surface area contributed by atoms with Gasteiger partial charge in [0, 0.05) is 23.3 Å². The number of fused-ring (bicyclic) bond motifs is 1. The molecule has 104 valence electrons. The molecule has 0 aromatic carbocycles. The second kappa shape index (κ2) is 5.20. The Bertz CT molecular complexity index is 648. The molecule has 0 saturated heterocycles. The zero-order valence-electron chi connectivity index (χ0n) is 10.9. The van der Waals surface area contributed by atoms with Gasteiger partial charge in [-0.05, 0) is 19.1 Å². The molecule has 1 aliphatic rings. The molecule has 0 aliphatic carbocycles. The molecule has 2 aromatic heterocycles. The highest BCUT2D eigenvalue weighted by Crippen LogP contribution is 2.16. The number of rotatable bonds is 3. The van der Waals surface area contributed by atoms with Gasteiger partial charge in [-0.1, -0.05) is 15.9 Å². The van der Waals surface area contributed by atoms with E-state index in [4.69, 9.17) is 0 Å². The van der Waals surface area contributed by atoms with Crippen LogP contribution in [0.3, 0.4) is 0 Å². The smallest absolute Gasteiger partial charge is 0.289 e. The summed E-state index contributed by atoms with van der Waals surface area (Å²) in [5.41, 5.74) is 0.921. The normalized spacial score (nSPS) is 13.8. The Balaban J connectivity index is 1.77. The number of hydrogen-bond acceptors (Lipinski definition) is 5. The van der Waals surface area contributed by atoms with E-state index in [2.05, 4.69) is 41.7 Å². The first kappa shape index (κ1) is 13.0. The number of pyridine rings is 1. The predicted octanol–water partition coefficient (Wildman–Crippen LogP) is 1.10. The van der Waals surface area contributed by atoms with Crippen LogP contribution < -0.4 is 10.6 Å². The maximum absolute atomic E-state index is 11.6. The van der Waals surface area contributed by atoms with Crippen molar-refractivity contribution in [2.45, 2.75) is 20.0 Å². The van der Waals surface area contributed by atoms with Crippen molar-refractivity contribution >= 4 is 27.7 Å². The lowest BCUT2D eigenvalue weighted by molar-refractivity contribution is 0.0921. The van der Waals surface area contributed by atoms with Crippen LogP contribution in [-0.4, -0.2) is 32.2 Å². The van der Waals surface area contributed by atoms with E-state index in [1.165, 1.54) is 0 Å². The number of nitrogens with zero attached hydrogens (tertiary/aromatic N) is 4. The van der Waals surface area contributed by atoms with Crippen LogP contribution in [0.4, 0.5) is 5.82 Å². The lowest BCUT2D eigenvalue weighted by Gasteiger charge is -2.15. The Morgan fingerprint density at radius 1 is 1.45 bits per heavy atom. The summed E-state index contributed by atoms with van der Waals surface area (Å²) in [7, 11) is 0. The van der Waals surface area contributed by atoms with Crippen LogP contribution >= 0.6 is 15.9 Å². The number of nitrogens with one attached hydrogen (secondary N) is 2. The predicted molar refractivity (Wildman–Crippen MR) is 76.4 cm³/mol. The third-order valence-electron chi connectivity index (χ3n) is 3.00. The maximum atomic E-state index is 11.6. The van der Waals surface area contributed by atoms with E-state index in [1.54, 1.807) is 0 Å². The number of halogens is 1. The van der Waals surface area contributed by atoms with E-state index in [-0.39, 0.29) is 5.91 Å². The SMILES string of the molecule is Cc1cc(Br)cc(NCc2nnc3n2CCNC3=O)n1. The fraction of sp³-hybridized carbons (Fsp3) is 0.333. The van der Waals surface area contributed by atoms with E-state index >= 15 is 0 Å². The number of amides is 1. The van der Waals surface area contributed by atoms with Gasteiger partial charge >= 0.3 is 0 Å². The summed E-state index contributed by atoms with van der Waals surface area (Å²) in [6.45, 7) is 3.70. The van der Waals surface area contributed by atoms with Crippen molar-refractivity contribution < 1.29 is 4.79 Å². The number of carbonyl (C=O) groups excluding carboxylic acids is 1. The molecule has 0 bridgehead atoms. The summed E-state index contributed by atoms with van der Waals surface area (Å²) in [6.07, 6.45) is 0. The monoisotopic (exact) mass is 336 g/mol. The van der Waals surface area contributed by atoms with Crippen molar-refractivity contribution in [1.82, 2.24) is 25.1 Å². The molecular formula is C12H13BrN6O. The highest BCUT2D eigenvalue weighted by atomic mass is 79.9. The van der Waals surface area contributed by atoms with Crippen LogP contribution in [0, 0.1) is 6.92 Å². The summed E-state index contributed by atoms with van der Waals surface area (Å²) in [5.74, 6) is 1.68. The van der Waals surface area contributed by atoms with Gasteiger partial charge in [0.25, 0.3) is 5.91 Å². The molecule has 0 fully saturated rings. The number of carbonyl (C=O) groups is 1. The summed E-state index contributed by atoms with van der Waals surface area (Å²) in [4.78, 5) is 16.0. The highest BCUT2D eigenvalue weighted by molar-refractivity contribution is 9.10. The maximum Gasteiger partial charge on any atom is 0.289 e. The van der Waals surface area contributed by atoms with Crippen LogP contribution in [0.5, 0.6) is 0 Å². The molecule has 0 unspecified atom stereocenters.